The first-order valence-corrected chi connectivity index (χ1v) is 9.47. The quantitative estimate of drug-likeness (QED) is 0.302. The van der Waals surface area contributed by atoms with Crippen LogP contribution in [0.5, 0.6) is 0 Å². The zero-order valence-corrected chi connectivity index (χ0v) is 16.9. The topological polar surface area (TPSA) is 131 Å². The maximum atomic E-state index is 12.4. The predicted molar refractivity (Wildman–Crippen MR) is 107 cm³/mol. The summed E-state index contributed by atoms with van der Waals surface area (Å²) in [6, 6.07) is 4.27. The highest BCUT2D eigenvalue weighted by molar-refractivity contribution is 7.80. The number of nitro groups is 1. The van der Waals surface area contributed by atoms with Crippen molar-refractivity contribution in [1.29, 1.82) is 0 Å². The summed E-state index contributed by atoms with van der Waals surface area (Å²) in [5.41, 5.74) is -0.178. The van der Waals surface area contributed by atoms with Crippen LogP contribution < -0.4 is 10.6 Å². The summed E-state index contributed by atoms with van der Waals surface area (Å²) in [6.07, 6.45) is 0.149. The van der Waals surface area contributed by atoms with E-state index in [1.54, 1.807) is 6.92 Å². The third-order valence-corrected chi connectivity index (χ3v) is 4.74. The molecule has 2 unspecified atom stereocenters. The number of nitrogens with zero attached hydrogens (tertiary/aromatic N) is 2. The molecule has 0 aliphatic carbocycles. The molecule has 1 fully saturated rings. The lowest BCUT2D eigenvalue weighted by Crippen LogP contribution is -2.60. The Morgan fingerprint density at radius 1 is 1.48 bits per heavy atom. The van der Waals surface area contributed by atoms with Gasteiger partial charge in [0.1, 0.15) is 6.04 Å². The van der Waals surface area contributed by atoms with Gasteiger partial charge in [-0.1, -0.05) is 13.0 Å². The molecule has 156 valence electrons. The number of benzene rings is 1. The largest absolute Gasteiger partial charge is 0.463 e. The van der Waals surface area contributed by atoms with Crippen molar-refractivity contribution in [3.8, 4) is 0 Å². The highest BCUT2D eigenvalue weighted by Gasteiger charge is 2.34. The van der Waals surface area contributed by atoms with E-state index in [1.165, 1.54) is 23.1 Å². The van der Waals surface area contributed by atoms with Crippen LogP contribution in [0.3, 0.4) is 0 Å². The first kappa shape index (κ1) is 22.2. The molecule has 2 N–H and O–H groups in total. The highest BCUT2D eigenvalue weighted by atomic mass is 32.1. The number of hydrogen-bond acceptors (Lipinski definition) is 7. The maximum Gasteiger partial charge on any atom is 0.308 e. The molecule has 2 atom stereocenters. The molecule has 1 aromatic carbocycles. The molecule has 2 amide bonds. The van der Waals surface area contributed by atoms with Gasteiger partial charge in [0.2, 0.25) is 5.91 Å². The summed E-state index contributed by atoms with van der Waals surface area (Å²) >= 11 is 5.26. The fourth-order valence-corrected chi connectivity index (χ4v) is 2.99. The maximum absolute atomic E-state index is 12.4. The monoisotopic (exact) mass is 422 g/mol. The van der Waals surface area contributed by atoms with Crippen LogP contribution in [-0.4, -0.2) is 58.0 Å². The summed E-state index contributed by atoms with van der Waals surface area (Å²) in [7, 11) is 0. The van der Waals surface area contributed by atoms with Gasteiger partial charge in [-0.3, -0.25) is 29.8 Å². The lowest BCUT2D eigenvalue weighted by Gasteiger charge is -2.36. The van der Waals surface area contributed by atoms with Crippen molar-refractivity contribution in [2.75, 3.05) is 13.1 Å². The Kier molecular flexibility index (Phi) is 7.59. The minimum absolute atomic E-state index is 0.0438. The molecule has 10 nitrogen and oxygen atoms in total. The number of ether oxygens (including phenoxy) is 1. The van der Waals surface area contributed by atoms with E-state index in [0.29, 0.717) is 19.5 Å². The molecule has 0 radical (unpaired) electrons. The standard InChI is InChI=1S/C18H22N4O6S/c1-3-11(2)28-15(23)10-14-17(25)19-7-8-21(14)18(29)20-16(24)12-5-4-6-13(9-12)22(26)27/h4-6,9,11,14H,3,7-8,10H2,1-2H3,(H,19,25)(H,20,24,29). The number of non-ortho nitro benzene ring substituents is 1. The van der Waals surface area contributed by atoms with Gasteiger partial charge in [-0.25, -0.2) is 0 Å². The van der Waals surface area contributed by atoms with E-state index in [4.69, 9.17) is 17.0 Å². The number of nitrogens with one attached hydrogen (secondary N) is 2. The molecule has 1 aliphatic rings. The molecular weight excluding hydrogens is 400 g/mol. The number of thiocarbonyl (C=S) groups is 1. The minimum Gasteiger partial charge on any atom is -0.463 e. The SMILES string of the molecule is CCC(C)OC(=O)CC1C(=O)NCCN1C(=S)NC(=O)c1cccc([N+](=O)[O-])c1. The number of carbonyl (C=O) groups is 3. The summed E-state index contributed by atoms with van der Waals surface area (Å²) in [4.78, 5) is 48.5. The van der Waals surface area contributed by atoms with Gasteiger partial charge in [0.25, 0.3) is 11.6 Å². The Morgan fingerprint density at radius 3 is 2.86 bits per heavy atom. The van der Waals surface area contributed by atoms with Gasteiger partial charge in [-0.05, 0) is 31.6 Å². The van der Waals surface area contributed by atoms with Crippen molar-refractivity contribution in [2.24, 2.45) is 0 Å². The lowest BCUT2D eigenvalue weighted by atomic mass is 10.1. The van der Waals surface area contributed by atoms with Crippen LogP contribution in [0.4, 0.5) is 5.69 Å². The number of esters is 1. The van der Waals surface area contributed by atoms with Gasteiger partial charge < -0.3 is 15.0 Å². The first-order valence-electron chi connectivity index (χ1n) is 9.06. The second-order valence-electron chi connectivity index (χ2n) is 6.48. The van der Waals surface area contributed by atoms with E-state index in [2.05, 4.69) is 10.6 Å². The molecule has 0 aromatic heterocycles. The molecule has 0 saturated carbocycles. The van der Waals surface area contributed by atoms with E-state index in [-0.39, 0.29) is 28.9 Å². The van der Waals surface area contributed by atoms with E-state index in [9.17, 15) is 24.5 Å². The Bertz CT molecular complexity index is 830. The minimum atomic E-state index is -0.918. The van der Waals surface area contributed by atoms with Crippen molar-refractivity contribution in [3.05, 3.63) is 39.9 Å². The Labute approximate surface area is 172 Å². The van der Waals surface area contributed by atoms with Gasteiger partial charge in [-0.15, -0.1) is 0 Å². The predicted octanol–water partition coefficient (Wildman–Crippen LogP) is 1.14. The van der Waals surface area contributed by atoms with Crippen LogP contribution in [-0.2, 0) is 14.3 Å². The summed E-state index contributed by atoms with van der Waals surface area (Å²) < 4.78 is 5.22. The van der Waals surface area contributed by atoms with Gasteiger partial charge in [0, 0.05) is 30.8 Å². The van der Waals surface area contributed by atoms with Gasteiger partial charge >= 0.3 is 5.97 Å². The van der Waals surface area contributed by atoms with Gasteiger partial charge in [-0.2, -0.15) is 0 Å². The first-order chi connectivity index (χ1) is 13.7. The van der Waals surface area contributed by atoms with E-state index >= 15 is 0 Å². The molecular formula is C18H22N4O6S. The average molecular weight is 422 g/mol. The molecule has 1 heterocycles. The number of nitro benzene ring substituents is 1. The second kappa shape index (κ2) is 9.92. The van der Waals surface area contributed by atoms with Crippen molar-refractivity contribution in [2.45, 2.75) is 38.8 Å². The Hall–Kier alpha value is -3.08. The highest BCUT2D eigenvalue weighted by Crippen LogP contribution is 2.15. The molecule has 0 bridgehead atoms. The molecule has 1 saturated heterocycles. The van der Waals surface area contributed by atoms with Crippen molar-refractivity contribution >= 4 is 40.8 Å². The molecule has 0 spiro atoms. The fraction of sp³-hybridized carbons (Fsp3) is 0.444. The number of piperazine rings is 1. The fourth-order valence-electron chi connectivity index (χ4n) is 2.68. The number of hydrogen-bond donors (Lipinski definition) is 2. The molecule has 11 heteroatoms. The van der Waals surface area contributed by atoms with Crippen LogP contribution in [0.2, 0.25) is 0 Å². The number of carbonyl (C=O) groups excluding carboxylic acids is 3. The van der Waals surface area contributed by atoms with Crippen LogP contribution >= 0.6 is 12.2 Å². The van der Waals surface area contributed by atoms with Gasteiger partial charge in [0.15, 0.2) is 5.11 Å². The van der Waals surface area contributed by atoms with Crippen LogP contribution in [0.1, 0.15) is 37.0 Å². The van der Waals surface area contributed by atoms with Crippen molar-refractivity contribution in [1.82, 2.24) is 15.5 Å². The van der Waals surface area contributed by atoms with E-state index < -0.39 is 28.7 Å². The zero-order chi connectivity index (χ0) is 21.6. The summed E-state index contributed by atoms with van der Waals surface area (Å²) in [5.74, 6) is -1.59. The van der Waals surface area contributed by atoms with Crippen molar-refractivity contribution in [3.63, 3.8) is 0 Å². The van der Waals surface area contributed by atoms with Crippen molar-refractivity contribution < 1.29 is 24.0 Å². The average Bonchev–Trinajstić information content (AvgIpc) is 2.69. The van der Waals surface area contributed by atoms with E-state index in [0.717, 1.165) is 6.07 Å². The van der Waals surface area contributed by atoms with Crippen LogP contribution in [0.25, 0.3) is 0 Å². The smallest absolute Gasteiger partial charge is 0.308 e. The zero-order valence-electron chi connectivity index (χ0n) is 16.0. The van der Waals surface area contributed by atoms with Crippen LogP contribution in [0, 0.1) is 10.1 Å². The Morgan fingerprint density at radius 2 is 2.21 bits per heavy atom. The molecule has 2 rings (SSSR count). The van der Waals surface area contributed by atoms with Gasteiger partial charge in [0.05, 0.1) is 17.4 Å². The third-order valence-electron chi connectivity index (χ3n) is 4.40. The third kappa shape index (κ3) is 5.95. The number of amides is 2. The summed E-state index contributed by atoms with van der Waals surface area (Å²) in [6.45, 7) is 4.21. The second-order valence-corrected chi connectivity index (χ2v) is 6.87. The normalized spacial score (nSPS) is 17.1. The van der Waals surface area contributed by atoms with Crippen LogP contribution in [0.15, 0.2) is 24.3 Å². The Balaban J connectivity index is 2.09. The molecule has 1 aromatic rings. The molecule has 1 aliphatic heterocycles. The number of rotatable bonds is 6. The summed E-state index contributed by atoms with van der Waals surface area (Å²) in [5, 5.41) is 16.0. The van der Waals surface area contributed by atoms with E-state index in [1.807, 2.05) is 6.92 Å². The molecule has 29 heavy (non-hydrogen) atoms. The lowest BCUT2D eigenvalue weighted by molar-refractivity contribution is -0.384.